The molecule has 1 fully saturated rings. The first-order valence-corrected chi connectivity index (χ1v) is 5.38. The minimum atomic E-state index is -0.112. The largest absolute Gasteiger partial charge is 0.338 e. The van der Waals surface area contributed by atoms with E-state index in [1.54, 1.807) is 11.0 Å². The van der Waals surface area contributed by atoms with Crippen LogP contribution in [0.25, 0.3) is 0 Å². The third-order valence-corrected chi connectivity index (χ3v) is 2.34. The van der Waals surface area contributed by atoms with Crippen LogP contribution < -0.4 is 0 Å². The van der Waals surface area contributed by atoms with Gasteiger partial charge in [-0.3, -0.25) is 4.79 Å². The van der Waals surface area contributed by atoms with Gasteiger partial charge in [-0.05, 0) is 25.2 Å². The van der Waals surface area contributed by atoms with Gasteiger partial charge in [-0.15, -0.1) is 0 Å². The van der Waals surface area contributed by atoms with Crippen LogP contribution in [-0.2, 0) is 4.79 Å². The molecule has 0 aromatic rings. The molecule has 1 amide bonds. The molecule has 1 aliphatic heterocycles. The molecule has 81 valence electrons. The van der Waals surface area contributed by atoms with E-state index in [0.29, 0.717) is 0 Å². The maximum Gasteiger partial charge on any atom is 0.264 e. The standard InChI is InChI=1S/C12H17N2O/c1-10(2)8-11(9-13)12(15)14-6-4-3-5-7-14/h3,8,10H,4-7H2,1-2H3/b11-8+. The van der Waals surface area contributed by atoms with Crippen molar-refractivity contribution in [3.05, 3.63) is 18.1 Å². The van der Waals surface area contributed by atoms with Gasteiger partial charge >= 0.3 is 0 Å². The lowest BCUT2D eigenvalue weighted by atomic mass is 10.1. The second kappa shape index (κ2) is 5.55. The van der Waals surface area contributed by atoms with Crippen LogP contribution in [0.3, 0.4) is 0 Å². The third kappa shape index (κ3) is 3.39. The van der Waals surface area contributed by atoms with Crippen molar-refractivity contribution in [2.75, 3.05) is 13.1 Å². The average molecular weight is 205 g/mol. The Morgan fingerprint density at radius 3 is 2.53 bits per heavy atom. The lowest BCUT2D eigenvalue weighted by Gasteiger charge is -2.26. The Balaban J connectivity index is 2.68. The van der Waals surface area contributed by atoms with Gasteiger partial charge in [0.05, 0.1) is 0 Å². The van der Waals surface area contributed by atoms with Crippen molar-refractivity contribution in [1.82, 2.24) is 4.90 Å². The van der Waals surface area contributed by atoms with E-state index in [2.05, 4.69) is 6.42 Å². The van der Waals surface area contributed by atoms with Crippen LogP contribution in [0.2, 0.25) is 0 Å². The fourth-order valence-electron chi connectivity index (χ4n) is 1.61. The number of allylic oxidation sites excluding steroid dienone is 1. The predicted molar refractivity (Wildman–Crippen MR) is 58.6 cm³/mol. The molecule has 0 atom stereocenters. The Morgan fingerprint density at radius 1 is 1.47 bits per heavy atom. The van der Waals surface area contributed by atoms with Gasteiger partial charge in [-0.25, -0.2) is 0 Å². The van der Waals surface area contributed by atoms with Crippen molar-refractivity contribution in [3.63, 3.8) is 0 Å². The SMILES string of the molecule is CC(C)/C=C(\C#N)C(=O)N1CC[CH]CC1. The Kier molecular flexibility index (Phi) is 4.36. The summed E-state index contributed by atoms with van der Waals surface area (Å²) in [7, 11) is 0. The van der Waals surface area contributed by atoms with Crippen LogP contribution in [-0.4, -0.2) is 23.9 Å². The van der Waals surface area contributed by atoms with E-state index >= 15 is 0 Å². The summed E-state index contributed by atoms with van der Waals surface area (Å²) in [6.45, 7) is 5.43. The molecule has 0 N–H and O–H groups in total. The Morgan fingerprint density at radius 2 is 2.07 bits per heavy atom. The summed E-state index contributed by atoms with van der Waals surface area (Å²) in [5.41, 5.74) is 0.284. The topological polar surface area (TPSA) is 44.1 Å². The molecule has 3 heteroatoms. The van der Waals surface area contributed by atoms with E-state index in [9.17, 15) is 4.79 Å². The highest BCUT2D eigenvalue weighted by Crippen LogP contribution is 2.12. The van der Waals surface area contributed by atoms with Crippen LogP contribution in [0, 0.1) is 23.7 Å². The molecule has 0 unspecified atom stereocenters. The second-order valence-electron chi connectivity index (χ2n) is 4.09. The zero-order chi connectivity index (χ0) is 11.3. The molecular weight excluding hydrogens is 188 g/mol. The highest BCUT2D eigenvalue weighted by atomic mass is 16.2. The van der Waals surface area contributed by atoms with Gasteiger partial charge in [0.15, 0.2) is 0 Å². The van der Waals surface area contributed by atoms with Crippen molar-refractivity contribution in [2.45, 2.75) is 26.7 Å². The number of carbonyl (C=O) groups is 1. The third-order valence-electron chi connectivity index (χ3n) is 2.34. The molecular formula is C12H17N2O. The molecule has 1 rings (SSSR count). The molecule has 0 bridgehead atoms. The maximum atomic E-state index is 11.9. The summed E-state index contributed by atoms with van der Waals surface area (Å²) < 4.78 is 0. The second-order valence-corrected chi connectivity index (χ2v) is 4.09. The highest BCUT2D eigenvalue weighted by Gasteiger charge is 2.20. The minimum absolute atomic E-state index is 0.112. The molecule has 0 spiro atoms. The van der Waals surface area contributed by atoms with Crippen LogP contribution in [0.5, 0.6) is 0 Å². The monoisotopic (exact) mass is 205 g/mol. The molecule has 0 aromatic heterocycles. The summed E-state index contributed by atoms with van der Waals surface area (Å²) >= 11 is 0. The van der Waals surface area contributed by atoms with Gasteiger partial charge in [0, 0.05) is 13.1 Å². The number of likely N-dealkylation sites (tertiary alicyclic amines) is 1. The summed E-state index contributed by atoms with van der Waals surface area (Å²) in [6, 6.07) is 1.99. The van der Waals surface area contributed by atoms with Gasteiger partial charge in [-0.2, -0.15) is 5.26 Å². The number of nitrogens with zero attached hydrogens (tertiary/aromatic N) is 2. The number of nitriles is 1. The molecule has 0 aliphatic carbocycles. The summed E-state index contributed by atoms with van der Waals surface area (Å²) in [5.74, 6) is 0.124. The summed E-state index contributed by atoms with van der Waals surface area (Å²) in [4.78, 5) is 13.6. The Bertz CT molecular complexity index is 293. The predicted octanol–water partition coefficient (Wildman–Crippen LogP) is 1.92. The molecule has 0 aromatic carbocycles. The van der Waals surface area contributed by atoms with Gasteiger partial charge in [0.1, 0.15) is 11.6 Å². The van der Waals surface area contributed by atoms with Gasteiger partial charge in [0.25, 0.3) is 5.91 Å². The average Bonchev–Trinajstić information content (AvgIpc) is 2.26. The molecule has 15 heavy (non-hydrogen) atoms. The van der Waals surface area contributed by atoms with Crippen LogP contribution in [0.4, 0.5) is 0 Å². The number of carbonyl (C=O) groups excluding carboxylic acids is 1. The van der Waals surface area contributed by atoms with Crippen LogP contribution >= 0.6 is 0 Å². The normalized spacial score (nSPS) is 17.7. The van der Waals surface area contributed by atoms with E-state index in [1.807, 2.05) is 19.9 Å². The van der Waals surface area contributed by atoms with Gasteiger partial charge in [-0.1, -0.05) is 19.9 Å². The van der Waals surface area contributed by atoms with Crippen LogP contribution in [0.15, 0.2) is 11.6 Å². The number of amides is 1. The van der Waals surface area contributed by atoms with Crippen molar-refractivity contribution in [2.24, 2.45) is 5.92 Å². The zero-order valence-electron chi connectivity index (χ0n) is 9.36. The molecule has 1 saturated heterocycles. The number of hydrogen-bond donors (Lipinski definition) is 0. The fraction of sp³-hybridized carbons (Fsp3) is 0.583. The van der Waals surface area contributed by atoms with Crippen molar-refractivity contribution >= 4 is 5.91 Å². The Hall–Kier alpha value is -1.30. The van der Waals surface area contributed by atoms with Crippen molar-refractivity contribution in [3.8, 4) is 6.07 Å². The van der Waals surface area contributed by atoms with E-state index in [-0.39, 0.29) is 17.4 Å². The molecule has 0 saturated carbocycles. The first kappa shape index (κ1) is 11.8. The fourth-order valence-corrected chi connectivity index (χ4v) is 1.61. The molecule has 1 radical (unpaired) electrons. The number of piperidine rings is 1. The smallest absolute Gasteiger partial charge is 0.264 e. The Labute approximate surface area is 91.4 Å². The maximum absolute atomic E-state index is 11.9. The minimum Gasteiger partial charge on any atom is -0.338 e. The van der Waals surface area contributed by atoms with E-state index in [4.69, 9.17) is 5.26 Å². The molecule has 3 nitrogen and oxygen atoms in total. The van der Waals surface area contributed by atoms with E-state index in [1.165, 1.54) is 0 Å². The molecule has 1 heterocycles. The van der Waals surface area contributed by atoms with Crippen molar-refractivity contribution in [1.29, 1.82) is 5.26 Å². The van der Waals surface area contributed by atoms with Gasteiger partial charge in [0.2, 0.25) is 0 Å². The molecule has 1 aliphatic rings. The number of rotatable bonds is 2. The number of hydrogen-bond acceptors (Lipinski definition) is 2. The van der Waals surface area contributed by atoms with Gasteiger partial charge < -0.3 is 4.90 Å². The van der Waals surface area contributed by atoms with Crippen LogP contribution in [0.1, 0.15) is 26.7 Å². The zero-order valence-corrected chi connectivity index (χ0v) is 9.36. The van der Waals surface area contributed by atoms with E-state index < -0.39 is 0 Å². The summed E-state index contributed by atoms with van der Waals surface area (Å²) in [6.07, 6.45) is 5.79. The van der Waals surface area contributed by atoms with E-state index in [0.717, 1.165) is 25.9 Å². The first-order chi connectivity index (χ1) is 7.15. The highest BCUT2D eigenvalue weighted by molar-refractivity contribution is 5.97. The quantitative estimate of drug-likeness (QED) is 0.510. The first-order valence-electron chi connectivity index (χ1n) is 5.38. The van der Waals surface area contributed by atoms with Crippen molar-refractivity contribution < 1.29 is 4.79 Å². The lowest BCUT2D eigenvalue weighted by molar-refractivity contribution is -0.127. The lowest BCUT2D eigenvalue weighted by Crippen LogP contribution is -2.36. The summed E-state index contributed by atoms with van der Waals surface area (Å²) in [5, 5.41) is 8.90.